The van der Waals surface area contributed by atoms with Gasteiger partial charge in [0.25, 0.3) is 11.8 Å². The number of imide groups is 1. The normalized spacial score (nSPS) is 14.7. The molecule has 0 spiro atoms. The molecule has 0 bridgehead atoms. The van der Waals surface area contributed by atoms with Crippen molar-refractivity contribution in [2.45, 2.75) is 13.0 Å². The third-order valence-corrected chi connectivity index (χ3v) is 4.27. The first-order valence-electron chi connectivity index (χ1n) is 7.78. The molecule has 7 nitrogen and oxygen atoms in total. The molecule has 1 aliphatic heterocycles. The highest BCUT2D eigenvalue weighted by molar-refractivity contribution is 6.23. The highest BCUT2D eigenvalue weighted by atomic mass is 16.2. The van der Waals surface area contributed by atoms with Gasteiger partial charge in [-0.05, 0) is 31.2 Å². The van der Waals surface area contributed by atoms with Crippen LogP contribution >= 0.6 is 0 Å². The van der Waals surface area contributed by atoms with E-state index in [0.29, 0.717) is 17.1 Å². The zero-order valence-corrected chi connectivity index (χ0v) is 13.3. The van der Waals surface area contributed by atoms with Crippen molar-refractivity contribution in [1.82, 2.24) is 14.3 Å². The molecule has 1 aromatic carbocycles. The summed E-state index contributed by atoms with van der Waals surface area (Å²) in [6.45, 7) is 1.52. The Hall–Kier alpha value is -3.48. The van der Waals surface area contributed by atoms with E-state index in [0.717, 1.165) is 10.4 Å². The van der Waals surface area contributed by atoms with Crippen molar-refractivity contribution >= 4 is 29.2 Å². The fraction of sp³-hybridized carbons (Fsp3) is 0.111. The fourth-order valence-electron chi connectivity index (χ4n) is 2.93. The topological polar surface area (TPSA) is 83.8 Å². The van der Waals surface area contributed by atoms with Gasteiger partial charge in [-0.15, -0.1) is 0 Å². The van der Waals surface area contributed by atoms with Crippen LogP contribution in [-0.2, 0) is 4.79 Å². The fourth-order valence-corrected chi connectivity index (χ4v) is 2.93. The molecule has 3 aromatic rings. The van der Waals surface area contributed by atoms with Gasteiger partial charge in [0, 0.05) is 6.20 Å². The predicted molar refractivity (Wildman–Crippen MR) is 90.2 cm³/mol. The van der Waals surface area contributed by atoms with Crippen LogP contribution in [0.25, 0.3) is 5.52 Å². The average molecular weight is 334 g/mol. The lowest BCUT2D eigenvalue weighted by Crippen LogP contribution is -2.45. The quantitative estimate of drug-likeness (QED) is 0.742. The van der Waals surface area contributed by atoms with Crippen molar-refractivity contribution < 1.29 is 14.4 Å². The molecule has 0 saturated carbocycles. The summed E-state index contributed by atoms with van der Waals surface area (Å²) in [6.07, 6.45) is 3.40. The lowest BCUT2D eigenvalue weighted by molar-refractivity contribution is -0.119. The minimum absolute atomic E-state index is 0.318. The number of carbonyl (C=O) groups excluding carboxylic acids is 3. The first kappa shape index (κ1) is 15.1. The first-order valence-corrected chi connectivity index (χ1v) is 7.78. The molecule has 3 amide bonds. The van der Waals surface area contributed by atoms with Crippen molar-refractivity contribution in [1.29, 1.82) is 0 Å². The summed E-state index contributed by atoms with van der Waals surface area (Å²) in [5.41, 5.74) is 1.46. The van der Waals surface area contributed by atoms with E-state index in [1.165, 1.54) is 6.92 Å². The van der Waals surface area contributed by atoms with Crippen molar-refractivity contribution in [3.8, 4) is 0 Å². The maximum absolute atomic E-state index is 12.6. The van der Waals surface area contributed by atoms with Crippen LogP contribution < -0.4 is 5.32 Å². The number of hydrogen-bond donors (Lipinski definition) is 1. The molecule has 0 radical (unpaired) electrons. The Morgan fingerprint density at radius 1 is 1.04 bits per heavy atom. The summed E-state index contributed by atoms with van der Waals surface area (Å²) < 4.78 is 1.72. The molecule has 1 atom stereocenters. The number of pyridine rings is 1. The van der Waals surface area contributed by atoms with E-state index in [1.807, 2.05) is 18.2 Å². The van der Waals surface area contributed by atoms with Gasteiger partial charge in [-0.1, -0.05) is 18.2 Å². The Balaban J connectivity index is 1.59. The van der Waals surface area contributed by atoms with Crippen LogP contribution in [0.4, 0.5) is 5.95 Å². The van der Waals surface area contributed by atoms with Crippen LogP contribution in [-0.4, -0.2) is 38.0 Å². The summed E-state index contributed by atoms with van der Waals surface area (Å²) in [4.78, 5) is 42.7. The second-order valence-corrected chi connectivity index (χ2v) is 5.77. The molecule has 0 saturated heterocycles. The highest BCUT2D eigenvalue weighted by Crippen LogP contribution is 2.25. The van der Waals surface area contributed by atoms with Gasteiger partial charge in [-0.25, -0.2) is 4.98 Å². The predicted octanol–water partition coefficient (Wildman–Crippen LogP) is 1.96. The van der Waals surface area contributed by atoms with Gasteiger partial charge in [0.15, 0.2) is 0 Å². The number of anilines is 1. The summed E-state index contributed by atoms with van der Waals surface area (Å²) in [7, 11) is 0. The second-order valence-electron chi connectivity index (χ2n) is 5.77. The third kappa shape index (κ3) is 2.28. The number of fused-ring (bicyclic) bond motifs is 2. The number of amides is 3. The molecule has 1 aliphatic rings. The minimum Gasteiger partial charge on any atom is -0.294 e. The van der Waals surface area contributed by atoms with Gasteiger partial charge in [-0.3, -0.25) is 29.0 Å². The number of nitrogens with zero attached hydrogens (tertiary/aromatic N) is 3. The number of carbonyl (C=O) groups is 3. The molecule has 2 aromatic heterocycles. The third-order valence-electron chi connectivity index (χ3n) is 4.27. The smallest absolute Gasteiger partial charge is 0.262 e. The molecule has 0 aliphatic carbocycles. The van der Waals surface area contributed by atoms with Crippen molar-refractivity contribution in [3.63, 3.8) is 0 Å². The molecule has 4 rings (SSSR count). The Morgan fingerprint density at radius 2 is 1.68 bits per heavy atom. The summed E-state index contributed by atoms with van der Waals surface area (Å²) in [5.74, 6) is -1.07. The maximum Gasteiger partial charge on any atom is 0.262 e. The number of benzene rings is 1. The van der Waals surface area contributed by atoms with Gasteiger partial charge < -0.3 is 0 Å². The second kappa shape index (κ2) is 5.55. The largest absolute Gasteiger partial charge is 0.294 e. The molecule has 1 unspecified atom stereocenters. The minimum atomic E-state index is -0.955. The zero-order chi connectivity index (χ0) is 17.6. The van der Waals surface area contributed by atoms with E-state index in [2.05, 4.69) is 10.3 Å². The van der Waals surface area contributed by atoms with Gasteiger partial charge in [0.05, 0.1) is 22.8 Å². The summed E-state index contributed by atoms with van der Waals surface area (Å²) in [5, 5.41) is 2.68. The van der Waals surface area contributed by atoms with Crippen LogP contribution in [0.1, 0.15) is 27.6 Å². The summed E-state index contributed by atoms with van der Waals surface area (Å²) >= 11 is 0. The van der Waals surface area contributed by atoms with Crippen LogP contribution in [0.2, 0.25) is 0 Å². The molecule has 25 heavy (non-hydrogen) atoms. The molecule has 0 fully saturated rings. The number of rotatable bonds is 3. The lowest BCUT2D eigenvalue weighted by atomic mass is 10.1. The molecule has 3 heterocycles. The van der Waals surface area contributed by atoms with Crippen molar-refractivity contribution in [2.75, 3.05) is 5.32 Å². The monoisotopic (exact) mass is 334 g/mol. The molecule has 124 valence electrons. The maximum atomic E-state index is 12.6. The number of aromatic nitrogens is 2. The SMILES string of the molecule is CC(C(=O)Nc1ncc2ccccn12)N1C(=O)c2ccccc2C1=O. The van der Waals surface area contributed by atoms with E-state index in [9.17, 15) is 14.4 Å². The van der Waals surface area contributed by atoms with Crippen LogP contribution in [0, 0.1) is 0 Å². The zero-order valence-electron chi connectivity index (χ0n) is 13.3. The van der Waals surface area contributed by atoms with E-state index < -0.39 is 23.8 Å². The first-order chi connectivity index (χ1) is 12.1. The standard InChI is InChI=1S/C18H14N4O3/c1-11(22-16(24)13-7-2-3-8-14(13)17(22)25)15(23)20-18-19-10-12-6-4-5-9-21(12)18/h2-11H,1H3,(H,19,20,23). The van der Waals surface area contributed by atoms with E-state index in [4.69, 9.17) is 0 Å². The van der Waals surface area contributed by atoms with E-state index >= 15 is 0 Å². The Morgan fingerprint density at radius 3 is 2.36 bits per heavy atom. The Labute approximate surface area is 142 Å². The van der Waals surface area contributed by atoms with Crippen molar-refractivity contribution in [3.05, 3.63) is 66.0 Å². The summed E-state index contributed by atoms with van der Waals surface area (Å²) in [6, 6.07) is 11.1. The van der Waals surface area contributed by atoms with Crippen LogP contribution in [0.15, 0.2) is 54.9 Å². The van der Waals surface area contributed by atoms with Crippen LogP contribution in [0.3, 0.4) is 0 Å². The highest BCUT2D eigenvalue weighted by Gasteiger charge is 2.40. The van der Waals surface area contributed by atoms with E-state index in [-0.39, 0.29) is 0 Å². The number of hydrogen-bond acceptors (Lipinski definition) is 4. The number of nitrogens with one attached hydrogen (secondary N) is 1. The lowest BCUT2D eigenvalue weighted by Gasteiger charge is -2.21. The number of imidazole rings is 1. The van der Waals surface area contributed by atoms with Gasteiger partial charge >= 0.3 is 0 Å². The molecule has 1 N–H and O–H groups in total. The molecular formula is C18H14N4O3. The van der Waals surface area contributed by atoms with Gasteiger partial charge in [-0.2, -0.15) is 0 Å². The Kier molecular flexibility index (Phi) is 3.35. The van der Waals surface area contributed by atoms with Gasteiger partial charge in [0.2, 0.25) is 11.9 Å². The van der Waals surface area contributed by atoms with Crippen molar-refractivity contribution in [2.24, 2.45) is 0 Å². The van der Waals surface area contributed by atoms with Crippen LogP contribution in [0.5, 0.6) is 0 Å². The average Bonchev–Trinajstić information content (AvgIpc) is 3.15. The van der Waals surface area contributed by atoms with E-state index in [1.54, 1.807) is 41.1 Å². The van der Waals surface area contributed by atoms with Gasteiger partial charge in [0.1, 0.15) is 6.04 Å². The molecule has 7 heteroatoms. The Bertz CT molecular complexity index is 989. The molecular weight excluding hydrogens is 320 g/mol.